The molecule has 126 valence electrons. The molecule has 0 radical (unpaired) electrons. The van der Waals surface area contributed by atoms with Crippen molar-refractivity contribution in [3.05, 3.63) is 71.5 Å². The maximum Gasteiger partial charge on any atom is 0.271 e. The van der Waals surface area contributed by atoms with Crippen molar-refractivity contribution in [2.24, 2.45) is 0 Å². The Hall–Kier alpha value is -3.00. The molecular weight excluding hydrogens is 336 g/mol. The van der Waals surface area contributed by atoms with Gasteiger partial charge in [0.15, 0.2) is 10.8 Å². The molecule has 4 rings (SSSR count). The van der Waals surface area contributed by atoms with Crippen LogP contribution in [0, 0.1) is 0 Å². The number of aromatic nitrogens is 5. The van der Waals surface area contributed by atoms with Gasteiger partial charge in [0.2, 0.25) is 0 Å². The predicted molar refractivity (Wildman–Crippen MR) is 94.4 cm³/mol. The number of aryl methyl sites for hydroxylation is 2. The van der Waals surface area contributed by atoms with E-state index in [1.807, 2.05) is 38.7 Å². The number of thiazole rings is 1. The fraction of sp³-hybridized carbons (Fsp3) is 0.176. The van der Waals surface area contributed by atoms with Gasteiger partial charge in [0, 0.05) is 24.3 Å². The molecule has 0 spiro atoms. The molecule has 0 aliphatic rings. The van der Waals surface area contributed by atoms with Crippen molar-refractivity contribution in [1.82, 2.24) is 29.5 Å². The van der Waals surface area contributed by atoms with Gasteiger partial charge in [-0.05, 0) is 12.0 Å². The van der Waals surface area contributed by atoms with Crippen LogP contribution in [0.15, 0.2) is 54.4 Å². The van der Waals surface area contributed by atoms with Crippen LogP contribution in [0.25, 0.3) is 4.96 Å². The molecule has 0 aliphatic heterocycles. The molecule has 0 atom stereocenters. The standard InChI is InChI=1S/C17H16N6OS/c24-16(14-11-22-8-9-25-17(22)20-14)18-10-15-21-19-12-23(15)7-6-13-4-2-1-3-5-13/h1-5,8-9,11-12H,6-7,10H2,(H,18,24). The number of nitrogens with zero attached hydrogens (tertiary/aromatic N) is 5. The van der Waals surface area contributed by atoms with Crippen LogP contribution < -0.4 is 5.32 Å². The number of hydrogen-bond acceptors (Lipinski definition) is 5. The van der Waals surface area contributed by atoms with Crippen LogP contribution in [-0.4, -0.2) is 30.1 Å². The largest absolute Gasteiger partial charge is 0.343 e. The van der Waals surface area contributed by atoms with Crippen LogP contribution in [0.1, 0.15) is 21.9 Å². The summed E-state index contributed by atoms with van der Waals surface area (Å²) in [6.45, 7) is 1.08. The van der Waals surface area contributed by atoms with E-state index in [2.05, 4.69) is 32.6 Å². The molecule has 0 bridgehead atoms. The van der Waals surface area contributed by atoms with E-state index in [9.17, 15) is 4.79 Å². The molecule has 0 saturated carbocycles. The van der Waals surface area contributed by atoms with E-state index in [1.165, 1.54) is 16.9 Å². The third-order valence-corrected chi connectivity index (χ3v) is 4.68. The average molecular weight is 352 g/mol. The highest BCUT2D eigenvalue weighted by Gasteiger charge is 2.12. The molecule has 0 saturated heterocycles. The van der Waals surface area contributed by atoms with Crippen molar-refractivity contribution < 1.29 is 4.79 Å². The topological polar surface area (TPSA) is 77.1 Å². The summed E-state index contributed by atoms with van der Waals surface area (Å²) in [6.07, 6.45) is 6.18. The molecule has 25 heavy (non-hydrogen) atoms. The third kappa shape index (κ3) is 3.43. The zero-order valence-electron chi connectivity index (χ0n) is 13.4. The van der Waals surface area contributed by atoms with E-state index >= 15 is 0 Å². The minimum absolute atomic E-state index is 0.214. The Balaban J connectivity index is 1.37. The number of amides is 1. The number of carbonyl (C=O) groups excluding carboxylic acids is 1. The molecular formula is C17H16N6OS. The number of imidazole rings is 1. The molecule has 0 fully saturated rings. The number of nitrogens with one attached hydrogen (secondary N) is 1. The van der Waals surface area contributed by atoms with Crippen LogP contribution in [0.2, 0.25) is 0 Å². The van der Waals surface area contributed by atoms with Gasteiger partial charge in [-0.25, -0.2) is 4.98 Å². The summed E-state index contributed by atoms with van der Waals surface area (Å²) in [5.74, 6) is 0.513. The predicted octanol–water partition coefficient (Wildman–Crippen LogP) is 2.16. The van der Waals surface area contributed by atoms with Gasteiger partial charge in [0.05, 0.1) is 6.54 Å². The second kappa shape index (κ2) is 6.86. The Morgan fingerprint density at radius 1 is 1.24 bits per heavy atom. The average Bonchev–Trinajstić information content (AvgIpc) is 3.34. The van der Waals surface area contributed by atoms with Gasteiger partial charge in [0.1, 0.15) is 12.0 Å². The molecule has 3 heterocycles. The third-order valence-electron chi connectivity index (χ3n) is 3.91. The fourth-order valence-corrected chi connectivity index (χ4v) is 3.28. The summed E-state index contributed by atoms with van der Waals surface area (Å²) in [7, 11) is 0. The molecule has 0 aliphatic carbocycles. The Kier molecular flexibility index (Phi) is 4.26. The first-order valence-electron chi connectivity index (χ1n) is 7.90. The van der Waals surface area contributed by atoms with Crippen molar-refractivity contribution >= 4 is 22.2 Å². The Morgan fingerprint density at radius 3 is 2.96 bits per heavy atom. The summed E-state index contributed by atoms with van der Waals surface area (Å²) in [5.41, 5.74) is 1.66. The molecule has 8 heteroatoms. The van der Waals surface area contributed by atoms with E-state index in [-0.39, 0.29) is 5.91 Å². The molecule has 3 aromatic heterocycles. The van der Waals surface area contributed by atoms with E-state index in [1.54, 1.807) is 12.5 Å². The van der Waals surface area contributed by atoms with Crippen LogP contribution in [0.5, 0.6) is 0 Å². The minimum Gasteiger partial charge on any atom is -0.343 e. The Bertz CT molecular complexity index is 958. The maximum absolute atomic E-state index is 12.3. The number of fused-ring (bicyclic) bond motifs is 1. The number of rotatable bonds is 6. The zero-order valence-corrected chi connectivity index (χ0v) is 14.2. The van der Waals surface area contributed by atoms with Gasteiger partial charge >= 0.3 is 0 Å². The van der Waals surface area contributed by atoms with Crippen molar-refractivity contribution in [3.63, 3.8) is 0 Å². The van der Waals surface area contributed by atoms with Crippen LogP contribution >= 0.6 is 11.3 Å². The molecule has 1 N–H and O–H groups in total. The van der Waals surface area contributed by atoms with Crippen molar-refractivity contribution in [1.29, 1.82) is 0 Å². The van der Waals surface area contributed by atoms with Gasteiger partial charge in [-0.1, -0.05) is 30.3 Å². The monoisotopic (exact) mass is 352 g/mol. The molecule has 1 aromatic carbocycles. The first-order chi connectivity index (χ1) is 12.3. The summed E-state index contributed by atoms with van der Waals surface area (Å²) in [6, 6.07) is 10.2. The zero-order chi connectivity index (χ0) is 17.1. The lowest BCUT2D eigenvalue weighted by molar-refractivity contribution is 0.0945. The summed E-state index contributed by atoms with van der Waals surface area (Å²) in [4.78, 5) is 17.4. The van der Waals surface area contributed by atoms with E-state index in [0.717, 1.165) is 23.8 Å². The number of carbonyl (C=O) groups is 1. The lowest BCUT2D eigenvalue weighted by Crippen LogP contribution is -2.25. The van der Waals surface area contributed by atoms with Crippen LogP contribution in [-0.2, 0) is 19.5 Å². The molecule has 7 nitrogen and oxygen atoms in total. The van der Waals surface area contributed by atoms with Gasteiger partial charge in [0.25, 0.3) is 5.91 Å². The fourth-order valence-electron chi connectivity index (χ4n) is 2.58. The lowest BCUT2D eigenvalue weighted by atomic mass is 10.1. The highest BCUT2D eigenvalue weighted by Crippen LogP contribution is 2.11. The second-order valence-corrected chi connectivity index (χ2v) is 6.45. The van der Waals surface area contributed by atoms with Crippen LogP contribution in [0.4, 0.5) is 0 Å². The normalized spacial score (nSPS) is 11.0. The molecule has 1 amide bonds. The SMILES string of the molecule is O=C(NCc1nncn1CCc1ccccc1)c1cn2ccsc2n1. The van der Waals surface area contributed by atoms with E-state index in [0.29, 0.717) is 12.2 Å². The highest BCUT2D eigenvalue weighted by atomic mass is 32.1. The van der Waals surface area contributed by atoms with Crippen molar-refractivity contribution in [2.45, 2.75) is 19.5 Å². The first-order valence-corrected chi connectivity index (χ1v) is 8.78. The quantitative estimate of drug-likeness (QED) is 0.577. The number of hydrogen-bond donors (Lipinski definition) is 1. The van der Waals surface area contributed by atoms with Crippen molar-refractivity contribution in [2.75, 3.05) is 0 Å². The minimum atomic E-state index is -0.214. The van der Waals surface area contributed by atoms with Crippen molar-refractivity contribution in [3.8, 4) is 0 Å². The Labute approximate surface area is 148 Å². The number of benzene rings is 1. The maximum atomic E-state index is 12.3. The van der Waals surface area contributed by atoms with E-state index < -0.39 is 0 Å². The molecule has 4 aromatic rings. The summed E-state index contributed by atoms with van der Waals surface area (Å²) >= 11 is 1.49. The second-order valence-electron chi connectivity index (χ2n) is 5.58. The van der Waals surface area contributed by atoms with Crippen LogP contribution in [0.3, 0.4) is 0 Å². The molecule has 0 unspecified atom stereocenters. The Morgan fingerprint density at radius 2 is 2.12 bits per heavy atom. The van der Waals surface area contributed by atoms with Gasteiger partial charge < -0.3 is 9.88 Å². The summed E-state index contributed by atoms with van der Waals surface area (Å²) < 4.78 is 3.79. The van der Waals surface area contributed by atoms with E-state index in [4.69, 9.17) is 0 Å². The van der Waals surface area contributed by atoms with Gasteiger partial charge in [-0.15, -0.1) is 21.5 Å². The smallest absolute Gasteiger partial charge is 0.271 e. The van der Waals surface area contributed by atoms with Gasteiger partial charge in [-0.3, -0.25) is 9.20 Å². The first kappa shape index (κ1) is 15.5. The summed E-state index contributed by atoms with van der Waals surface area (Å²) in [5, 5.41) is 12.8. The lowest BCUT2D eigenvalue weighted by Gasteiger charge is -2.07. The highest BCUT2D eigenvalue weighted by molar-refractivity contribution is 7.15. The van der Waals surface area contributed by atoms with Gasteiger partial charge in [-0.2, -0.15) is 0 Å².